The Morgan fingerprint density at radius 2 is 1.85 bits per heavy atom. The van der Waals surface area contributed by atoms with E-state index < -0.39 is 0 Å². The summed E-state index contributed by atoms with van der Waals surface area (Å²) in [6, 6.07) is 11.8. The van der Waals surface area contributed by atoms with Gasteiger partial charge in [-0.15, -0.1) is 24.0 Å². The summed E-state index contributed by atoms with van der Waals surface area (Å²) < 4.78 is 18.2. The fourth-order valence-corrected chi connectivity index (χ4v) is 2.58. The Morgan fingerprint density at radius 1 is 1.19 bits per heavy atom. The Balaban J connectivity index is 0.00000364. The van der Waals surface area contributed by atoms with Crippen LogP contribution in [0.4, 0.5) is 4.39 Å². The number of hydrogen-bond donors (Lipinski definition) is 2. The summed E-state index contributed by atoms with van der Waals surface area (Å²) in [4.78, 5) is 6.66. The van der Waals surface area contributed by atoms with Crippen LogP contribution in [0.15, 0.2) is 47.5 Å². The molecule has 0 saturated carbocycles. The molecule has 148 valence electrons. The van der Waals surface area contributed by atoms with Crippen LogP contribution >= 0.6 is 24.0 Å². The highest BCUT2D eigenvalue weighted by molar-refractivity contribution is 14.0. The fraction of sp³-hybridized carbons (Fsp3) is 0.350. The van der Waals surface area contributed by atoms with Gasteiger partial charge < -0.3 is 20.1 Å². The van der Waals surface area contributed by atoms with E-state index >= 15 is 0 Å². The Bertz CT molecular complexity index is 739. The van der Waals surface area contributed by atoms with Crippen molar-refractivity contribution in [1.29, 1.82) is 0 Å². The molecule has 0 spiro atoms. The molecule has 2 N–H and O–H groups in total. The highest BCUT2D eigenvalue weighted by Gasteiger charge is 2.07. The molecule has 0 saturated heterocycles. The summed E-state index contributed by atoms with van der Waals surface area (Å²) in [7, 11) is 3.49. The Morgan fingerprint density at radius 3 is 2.48 bits per heavy atom. The molecular weight excluding hydrogens is 460 g/mol. The smallest absolute Gasteiger partial charge is 0.193 e. The number of aliphatic imine (C=N–C) groups is 1. The van der Waals surface area contributed by atoms with Gasteiger partial charge in [0.2, 0.25) is 0 Å². The molecule has 0 unspecified atom stereocenters. The van der Waals surface area contributed by atoms with Gasteiger partial charge in [0.05, 0.1) is 7.11 Å². The van der Waals surface area contributed by atoms with E-state index in [-0.39, 0.29) is 35.5 Å². The van der Waals surface area contributed by atoms with Gasteiger partial charge in [0.25, 0.3) is 0 Å². The molecule has 27 heavy (non-hydrogen) atoms. The van der Waals surface area contributed by atoms with Crippen LogP contribution in [-0.2, 0) is 13.0 Å². The van der Waals surface area contributed by atoms with Gasteiger partial charge in [-0.3, -0.25) is 4.99 Å². The second kappa shape index (κ2) is 11.6. The van der Waals surface area contributed by atoms with Crippen LogP contribution < -0.4 is 10.1 Å². The van der Waals surface area contributed by atoms with Crippen LogP contribution in [0.5, 0.6) is 11.5 Å². The first-order valence-corrected chi connectivity index (χ1v) is 8.63. The molecule has 0 atom stereocenters. The number of halogens is 2. The number of aromatic hydroxyl groups is 1. The minimum Gasteiger partial charge on any atom is -0.504 e. The normalized spacial score (nSPS) is 10.9. The standard InChI is InChI=1S/C20H26FN3O2.HI/c1-4-22-20(24(2)14-16-5-8-17(21)9-6-16)23-12-11-15-7-10-18(25)19(13-15)26-3;/h5-10,13,25H,4,11-12,14H2,1-3H3,(H,22,23);1H. The first-order chi connectivity index (χ1) is 12.5. The predicted molar refractivity (Wildman–Crippen MR) is 118 cm³/mol. The van der Waals surface area contributed by atoms with E-state index in [0.717, 1.165) is 30.1 Å². The van der Waals surface area contributed by atoms with Crippen molar-refractivity contribution in [1.82, 2.24) is 10.2 Å². The second-order valence-electron chi connectivity index (χ2n) is 5.97. The van der Waals surface area contributed by atoms with E-state index in [9.17, 15) is 9.50 Å². The third-order valence-corrected chi connectivity index (χ3v) is 3.94. The van der Waals surface area contributed by atoms with E-state index in [1.54, 1.807) is 18.2 Å². The quantitative estimate of drug-likeness (QED) is 0.355. The lowest BCUT2D eigenvalue weighted by molar-refractivity contribution is 0.373. The van der Waals surface area contributed by atoms with Crippen LogP contribution in [-0.4, -0.2) is 43.2 Å². The molecule has 0 aliphatic carbocycles. The van der Waals surface area contributed by atoms with E-state index in [1.807, 2.05) is 31.0 Å². The van der Waals surface area contributed by atoms with Gasteiger partial charge >= 0.3 is 0 Å². The summed E-state index contributed by atoms with van der Waals surface area (Å²) in [5, 5.41) is 12.9. The average Bonchev–Trinajstić information content (AvgIpc) is 2.64. The number of benzene rings is 2. The number of methoxy groups -OCH3 is 1. The van der Waals surface area contributed by atoms with E-state index in [0.29, 0.717) is 18.8 Å². The monoisotopic (exact) mass is 487 g/mol. The van der Waals surface area contributed by atoms with Gasteiger partial charge in [-0.25, -0.2) is 4.39 Å². The number of phenolic OH excluding ortho intramolecular Hbond substituents is 1. The van der Waals surface area contributed by atoms with Crippen molar-refractivity contribution in [2.75, 3.05) is 27.2 Å². The van der Waals surface area contributed by atoms with Crippen LogP contribution in [0, 0.1) is 5.82 Å². The molecule has 0 bridgehead atoms. The van der Waals surface area contributed by atoms with Gasteiger partial charge in [0.1, 0.15) is 5.82 Å². The van der Waals surface area contributed by atoms with E-state index in [4.69, 9.17) is 4.74 Å². The zero-order valence-corrected chi connectivity index (χ0v) is 18.2. The maximum absolute atomic E-state index is 13.0. The molecular formula is C20H27FIN3O2. The van der Waals surface area contributed by atoms with Crippen LogP contribution in [0.1, 0.15) is 18.1 Å². The minimum absolute atomic E-state index is 0. The predicted octanol–water partition coefficient (Wildman–Crippen LogP) is 3.80. The van der Waals surface area contributed by atoms with E-state index in [1.165, 1.54) is 19.2 Å². The second-order valence-corrected chi connectivity index (χ2v) is 5.97. The van der Waals surface area contributed by atoms with Crippen molar-refractivity contribution in [3.8, 4) is 11.5 Å². The van der Waals surface area contributed by atoms with Gasteiger partial charge in [-0.05, 0) is 48.7 Å². The van der Waals surface area contributed by atoms with Crippen LogP contribution in [0.25, 0.3) is 0 Å². The molecule has 2 rings (SSSR count). The average molecular weight is 487 g/mol. The third-order valence-electron chi connectivity index (χ3n) is 3.94. The molecule has 2 aromatic rings. The molecule has 0 aromatic heterocycles. The first kappa shape index (κ1) is 23.0. The summed E-state index contributed by atoms with van der Waals surface area (Å²) in [6.07, 6.45) is 0.732. The van der Waals surface area contributed by atoms with Gasteiger partial charge in [-0.1, -0.05) is 18.2 Å². The number of nitrogens with one attached hydrogen (secondary N) is 1. The lowest BCUT2D eigenvalue weighted by Gasteiger charge is -2.22. The van der Waals surface area contributed by atoms with E-state index in [2.05, 4.69) is 10.3 Å². The first-order valence-electron chi connectivity index (χ1n) is 8.63. The van der Waals surface area contributed by atoms with Crippen molar-refractivity contribution in [2.24, 2.45) is 4.99 Å². The molecule has 7 heteroatoms. The number of hydrogen-bond acceptors (Lipinski definition) is 3. The van der Waals surface area contributed by atoms with Gasteiger partial charge in [0, 0.05) is 26.7 Å². The van der Waals surface area contributed by atoms with Gasteiger partial charge in [-0.2, -0.15) is 0 Å². The highest BCUT2D eigenvalue weighted by atomic mass is 127. The largest absolute Gasteiger partial charge is 0.504 e. The SMILES string of the molecule is CCNC(=NCCc1ccc(O)c(OC)c1)N(C)Cc1ccc(F)cc1.I. The lowest BCUT2D eigenvalue weighted by Crippen LogP contribution is -2.38. The molecule has 0 aliphatic heterocycles. The van der Waals surface area contributed by atoms with Crippen molar-refractivity contribution in [3.63, 3.8) is 0 Å². The molecule has 0 fully saturated rings. The Hall–Kier alpha value is -2.03. The molecule has 0 heterocycles. The summed E-state index contributed by atoms with van der Waals surface area (Å²) in [6.45, 7) is 4.02. The summed E-state index contributed by atoms with van der Waals surface area (Å²) in [5.74, 6) is 1.16. The number of guanidine groups is 1. The topological polar surface area (TPSA) is 57.1 Å². The molecule has 0 aliphatic rings. The number of nitrogens with zero attached hydrogens (tertiary/aromatic N) is 2. The molecule has 5 nitrogen and oxygen atoms in total. The summed E-state index contributed by atoms with van der Waals surface area (Å²) in [5.41, 5.74) is 2.06. The van der Waals surface area contributed by atoms with Crippen molar-refractivity contribution >= 4 is 29.9 Å². The molecule has 2 aromatic carbocycles. The maximum Gasteiger partial charge on any atom is 0.193 e. The third kappa shape index (κ3) is 7.24. The minimum atomic E-state index is -0.235. The Labute approximate surface area is 177 Å². The number of ether oxygens (including phenoxy) is 1. The lowest BCUT2D eigenvalue weighted by atomic mass is 10.1. The van der Waals surface area contributed by atoms with Crippen LogP contribution in [0.2, 0.25) is 0 Å². The van der Waals surface area contributed by atoms with Crippen molar-refractivity contribution < 1.29 is 14.2 Å². The fourth-order valence-electron chi connectivity index (χ4n) is 2.58. The number of rotatable bonds is 7. The Kier molecular flexibility index (Phi) is 9.92. The molecule has 0 amide bonds. The van der Waals surface area contributed by atoms with Crippen LogP contribution in [0.3, 0.4) is 0 Å². The molecule has 0 radical (unpaired) electrons. The number of phenols is 1. The maximum atomic E-state index is 13.0. The highest BCUT2D eigenvalue weighted by Crippen LogP contribution is 2.26. The summed E-state index contributed by atoms with van der Waals surface area (Å²) >= 11 is 0. The van der Waals surface area contributed by atoms with Crippen molar-refractivity contribution in [2.45, 2.75) is 19.9 Å². The zero-order chi connectivity index (χ0) is 18.9. The zero-order valence-electron chi connectivity index (χ0n) is 15.9. The van der Waals surface area contributed by atoms with Gasteiger partial charge in [0.15, 0.2) is 17.5 Å². The van der Waals surface area contributed by atoms with Crippen molar-refractivity contribution in [3.05, 3.63) is 59.4 Å².